The quantitative estimate of drug-likeness (QED) is 0.789. The number of Topliss-reactive ketones (excluding diaryl/α,β-unsaturated/α-hetero) is 1. The number of aromatic nitrogens is 1. The molecule has 26 heavy (non-hydrogen) atoms. The van der Waals surface area contributed by atoms with Gasteiger partial charge in [0.25, 0.3) is 5.56 Å². The molecule has 0 unspecified atom stereocenters. The van der Waals surface area contributed by atoms with Gasteiger partial charge in [0, 0.05) is 11.5 Å². The van der Waals surface area contributed by atoms with Gasteiger partial charge in [-0.1, -0.05) is 39.5 Å². The molecule has 0 saturated heterocycles. The minimum Gasteiger partial charge on any atom is -0.493 e. The highest BCUT2D eigenvalue weighted by atomic mass is 32.1. The molecule has 0 spiro atoms. The second-order valence-corrected chi connectivity index (χ2v) is 7.78. The molecule has 0 aliphatic carbocycles. The molecule has 2 aromatic rings. The third-order valence-corrected chi connectivity index (χ3v) is 4.49. The number of ether oxygens (including phenoxy) is 2. The Morgan fingerprint density at radius 3 is 2.65 bits per heavy atom. The lowest BCUT2D eigenvalue weighted by atomic mass is 9.91. The zero-order valence-electron chi connectivity index (χ0n) is 15.4. The summed E-state index contributed by atoms with van der Waals surface area (Å²) in [4.78, 5) is 27.0. The van der Waals surface area contributed by atoms with Crippen molar-refractivity contribution >= 4 is 29.3 Å². The lowest BCUT2D eigenvalue weighted by molar-refractivity contribution is -0.119. The summed E-state index contributed by atoms with van der Waals surface area (Å²) in [6.07, 6.45) is 4.89. The standard InChI is InChI=1S/C20H23NO4S/c1-6-9-25-14-8-7-13(10-15(14)24-5)11-16-19(23)21-18(26-16)12-17(22)20(2,3)4/h6-8,10-12H,1,9H2,2-5H3,(H,21,23)/b16-11-,18-12-. The van der Waals surface area contributed by atoms with Crippen LogP contribution in [0.1, 0.15) is 26.3 Å². The maximum Gasteiger partial charge on any atom is 0.266 e. The van der Waals surface area contributed by atoms with Crippen LogP contribution in [0.3, 0.4) is 0 Å². The summed E-state index contributed by atoms with van der Waals surface area (Å²) in [7, 11) is 1.56. The van der Waals surface area contributed by atoms with Crippen LogP contribution < -0.4 is 24.2 Å². The molecule has 1 aromatic heterocycles. The van der Waals surface area contributed by atoms with Gasteiger partial charge in [0.1, 0.15) is 6.61 Å². The van der Waals surface area contributed by atoms with Gasteiger partial charge in [-0.15, -0.1) is 11.3 Å². The van der Waals surface area contributed by atoms with Crippen LogP contribution in [0.5, 0.6) is 11.5 Å². The first-order valence-electron chi connectivity index (χ1n) is 8.13. The van der Waals surface area contributed by atoms with Crippen LogP contribution >= 0.6 is 11.3 Å². The third kappa shape index (κ3) is 4.95. The Kier molecular flexibility index (Phi) is 6.21. The minimum atomic E-state index is -0.487. The zero-order chi connectivity index (χ0) is 19.3. The Morgan fingerprint density at radius 1 is 1.31 bits per heavy atom. The average Bonchev–Trinajstić information content (AvgIpc) is 2.91. The Labute approximate surface area is 156 Å². The maximum atomic E-state index is 12.2. The summed E-state index contributed by atoms with van der Waals surface area (Å²) >= 11 is 1.24. The molecule has 6 heteroatoms. The number of ketones is 1. The molecule has 138 valence electrons. The topological polar surface area (TPSA) is 68.4 Å². The van der Waals surface area contributed by atoms with E-state index in [1.54, 1.807) is 31.4 Å². The summed E-state index contributed by atoms with van der Waals surface area (Å²) < 4.78 is 11.9. The molecule has 0 amide bonds. The number of benzene rings is 1. The fourth-order valence-electron chi connectivity index (χ4n) is 2.05. The number of aromatic amines is 1. The lowest BCUT2D eigenvalue weighted by Gasteiger charge is -2.12. The van der Waals surface area contributed by atoms with E-state index in [1.807, 2.05) is 26.8 Å². The predicted octanol–water partition coefficient (Wildman–Crippen LogP) is 2.23. The molecule has 0 aliphatic rings. The highest BCUT2D eigenvalue weighted by Gasteiger charge is 2.18. The summed E-state index contributed by atoms with van der Waals surface area (Å²) in [5, 5.41) is 0. The van der Waals surface area contributed by atoms with Gasteiger partial charge in [-0.3, -0.25) is 9.59 Å². The molecule has 0 radical (unpaired) electrons. The smallest absolute Gasteiger partial charge is 0.266 e. The molecule has 1 aromatic carbocycles. The van der Waals surface area contributed by atoms with Crippen molar-refractivity contribution in [1.29, 1.82) is 0 Å². The van der Waals surface area contributed by atoms with Gasteiger partial charge in [0.05, 0.1) is 16.3 Å². The molecule has 1 N–H and O–H groups in total. The normalized spacial score (nSPS) is 12.9. The summed E-state index contributed by atoms with van der Waals surface area (Å²) in [5.41, 5.74) is 0.0853. The predicted molar refractivity (Wildman–Crippen MR) is 105 cm³/mol. The van der Waals surface area contributed by atoms with Crippen molar-refractivity contribution in [3.8, 4) is 11.5 Å². The number of thiazole rings is 1. The van der Waals surface area contributed by atoms with Crippen molar-refractivity contribution in [3.05, 3.63) is 56.0 Å². The Hall–Kier alpha value is -2.60. The van der Waals surface area contributed by atoms with E-state index in [0.717, 1.165) is 5.56 Å². The van der Waals surface area contributed by atoms with Gasteiger partial charge in [-0.2, -0.15) is 0 Å². The third-order valence-electron chi connectivity index (χ3n) is 3.52. The number of carbonyl (C=O) groups excluding carboxylic acids is 1. The Balaban J connectivity index is 2.42. The van der Waals surface area contributed by atoms with Crippen molar-refractivity contribution in [2.45, 2.75) is 20.8 Å². The van der Waals surface area contributed by atoms with Crippen LogP contribution in [-0.4, -0.2) is 24.5 Å². The number of hydrogen-bond donors (Lipinski definition) is 1. The first-order valence-corrected chi connectivity index (χ1v) is 8.95. The van der Waals surface area contributed by atoms with E-state index in [0.29, 0.717) is 27.3 Å². The molecular weight excluding hydrogens is 350 g/mol. The van der Waals surface area contributed by atoms with Crippen molar-refractivity contribution in [1.82, 2.24) is 4.98 Å². The van der Waals surface area contributed by atoms with Crippen LogP contribution in [-0.2, 0) is 4.79 Å². The molecular formula is C20H23NO4S. The molecule has 0 atom stereocenters. The molecule has 0 fully saturated rings. The van der Waals surface area contributed by atoms with E-state index in [-0.39, 0.29) is 11.3 Å². The number of hydrogen-bond acceptors (Lipinski definition) is 5. The van der Waals surface area contributed by atoms with Crippen molar-refractivity contribution in [2.24, 2.45) is 5.41 Å². The summed E-state index contributed by atoms with van der Waals surface area (Å²) in [5.74, 6) is 1.14. The van der Waals surface area contributed by atoms with E-state index in [4.69, 9.17) is 9.47 Å². The van der Waals surface area contributed by atoms with E-state index < -0.39 is 5.41 Å². The fraction of sp³-hybridized carbons (Fsp3) is 0.300. The summed E-state index contributed by atoms with van der Waals surface area (Å²) in [6.45, 7) is 9.52. The van der Waals surface area contributed by atoms with Gasteiger partial charge in [0.2, 0.25) is 0 Å². The number of nitrogens with one attached hydrogen (secondary N) is 1. The second kappa shape index (κ2) is 8.19. The van der Waals surface area contributed by atoms with E-state index in [1.165, 1.54) is 17.4 Å². The lowest BCUT2D eigenvalue weighted by Crippen LogP contribution is -2.22. The van der Waals surface area contributed by atoms with E-state index >= 15 is 0 Å². The van der Waals surface area contributed by atoms with Gasteiger partial charge in [-0.25, -0.2) is 0 Å². The average molecular weight is 373 g/mol. The van der Waals surface area contributed by atoms with Gasteiger partial charge < -0.3 is 14.5 Å². The van der Waals surface area contributed by atoms with Crippen LogP contribution in [0.4, 0.5) is 0 Å². The van der Waals surface area contributed by atoms with E-state index in [2.05, 4.69) is 11.6 Å². The largest absolute Gasteiger partial charge is 0.493 e. The SMILES string of the molecule is C=CCOc1ccc(/C=c2\s/c(=C\C(=O)C(C)(C)C)[nH]c2=O)cc1OC. The Morgan fingerprint density at radius 2 is 2.04 bits per heavy atom. The van der Waals surface area contributed by atoms with Crippen LogP contribution in [0.15, 0.2) is 35.6 Å². The minimum absolute atomic E-state index is 0.0352. The number of H-pyrrole nitrogens is 1. The summed E-state index contributed by atoms with van der Waals surface area (Å²) in [6, 6.07) is 5.41. The number of methoxy groups -OCH3 is 1. The molecule has 1 heterocycles. The molecule has 0 bridgehead atoms. The number of rotatable bonds is 6. The number of carbonyl (C=O) groups is 1. The maximum absolute atomic E-state index is 12.2. The highest BCUT2D eigenvalue weighted by Crippen LogP contribution is 2.28. The second-order valence-electron chi connectivity index (χ2n) is 6.70. The van der Waals surface area contributed by atoms with Crippen LogP contribution in [0, 0.1) is 5.41 Å². The molecule has 2 rings (SSSR count). The Bertz CT molecular complexity index is 976. The monoisotopic (exact) mass is 373 g/mol. The van der Waals surface area contributed by atoms with E-state index in [9.17, 15) is 9.59 Å². The fourth-order valence-corrected chi connectivity index (χ4v) is 2.94. The van der Waals surface area contributed by atoms with Gasteiger partial charge in [0.15, 0.2) is 17.3 Å². The molecule has 0 saturated carbocycles. The van der Waals surface area contributed by atoms with Crippen molar-refractivity contribution < 1.29 is 14.3 Å². The first-order chi connectivity index (χ1) is 12.2. The highest BCUT2D eigenvalue weighted by molar-refractivity contribution is 7.07. The first kappa shape index (κ1) is 19.7. The zero-order valence-corrected chi connectivity index (χ0v) is 16.2. The molecule has 5 nitrogen and oxygen atoms in total. The van der Waals surface area contributed by atoms with Crippen molar-refractivity contribution in [2.75, 3.05) is 13.7 Å². The van der Waals surface area contributed by atoms with Gasteiger partial charge in [-0.05, 0) is 23.8 Å². The van der Waals surface area contributed by atoms with Crippen LogP contribution in [0.2, 0.25) is 0 Å². The van der Waals surface area contributed by atoms with Crippen molar-refractivity contribution in [3.63, 3.8) is 0 Å². The van der Waals surface area contributed by atoms with Crippen LogP contribution in [0.25, 0.3) is 12.2 Å². The van der Waals surface area contributed by atoms with Gasteiger partial charge >= 0.3 is 0 Å². The molecule has 0 aliphatic heterocycles.